The molecule has 1 aliphatic rings. The van der Waals surface area contributed by atoms with E-state index in [9.17, 15) is 21.6 Å². The molecule has 4 aromatic rings. The first-order valence-corrected chi connectivity index (χ1v) is 13.0. The number of benzene rings is 2. The zero-order valence-corrected chi connectivity index (χ0v) is 21.1. The third-order valence-electron chi connectivity index (χ3n) is 6.22. The number of aromatic amines is 2. The molecule has 37 heavy (non-hydrogen) atoms. The Bertz CT molecular complexity index is 1550. The van der Waals surface area contributed by atoms with Gasteiger partial charge in [0, 0.05) is 30.2 Å². The van der Waals surface area contributed by atoms with E-state index in [1.165, 1.54) is 22.9 Å². The van der Waals surface area contributed by atoms with Crippen LogP contribution < -0.4 is 9.62 Å². The number of H-pyrrole nitrogens is 2. The molecule has 2 aromatic carbocycles. The molecule has 0 radical (unpaired) electrons. The molecule has 14 heteroatoms. The average Bonchev–Trinajstić information content (AvgIpc) is 3.42. The normalized spacial score (nSPS) is 19.3. The summed E-state index contributed by atoms with van der Waals surface area (Å²) in [5.74, 6) is 0.475. The lowest BCUT2D eigenvalue weighted by atomic mass is 10.1. The second-order valence-electron chi connectivity index (χ2n) is 9.39. The number of sulfonamides is 1. The summed E-state index contributed by atoms with van der Waals surface area (Å²) >= 11 is 0. The minimum Gasteiger partial charge on any atom is -0.373 e. The molecule has 0 spiro atoms. The van der Waals surface area contributed by atoms with Crippen molar-refractivity contribution in [3.05, 3.63) is 36.4 Å². The summed E-state index contributed by atoms with van der Waals surface area (Å²) in [6.07, 6.45) is 0.0974. The highest BCUT2D eigenvalue weighted by molar-refractivity contribution is 7.93. The van der Waals surface area contributed by atoms with Gasteiger partial charge in [0.25, 0.3) is 0 Å². The fourth-order valence-electron chi connectivity index (χ4n) is 4.46. The first-order chi connectivity index (χ1) is 17.4. The fraction of sp³-hybridized carbons (Fsp3) is 0.391. The van der Waals surface area contributed by atoms with Crippen molar-refractivity contribution in [1.29, 1.82) is 0 Å². The number of ether oxygens (including phenoxy) is 1. The summed E-state index contributed by atoms with van der Waals surface area (Å²) < 4.78 is 68.5. The molecule has 0 amide bonds. The number of aromatic nitrogens is 4. The van der Waals surface area contributed by atoms with E-state index in [-0.39, 0.29) is 17.8 Å². The van der Waals surface area contributed by atoms with Crippen LogP contribution in [0.15, 0.2) is 36.4 Å². The topological polar surface area (TPSA) is 119 Å². The van der Waals surface area contributed by atoms with Crippen LogP contribution in [0.1, 0.15) is 6.92 Å². The van der Waals surface area contributed by atoms with Gasteiger partial charge in [-0.3, -0.25) is 9.82 Å². The molecule has 5 rings (SSSR count). The van der Waals surface area contributed by atoms with E-state index < -0.39 is 15.5 Å². The lowest BCUT2D eigenvalue weighted by molar-refractivity contribution is -0.0429. The Morgan fingerprint density at radius 3 is 2.70 bits per heavy atom. The van der Waals surface area contributed by atoms with Crippen LogP contribution in [0.3, 0.4) is 0 Å². The van der Waals surface area contributed by atoms with E-state index >= 15 is 0 Å². The van der Waals surface area contributed by atoms with Crippen molar-refractivity contribution in [2.24, 2.45) is 0 Å². The Morgan fingerprint density at radius 2 is 1.97 bits per heavy atom. The van der Waals surface area contributed by atoms with Crippen LogP contribution in [-0.2, 0) is 14.8 Å². The monoisotopic (exact) mass is 537 g/mol. The predicted octanol–water partition coefficient (Wildman–Crippen LogP) is 3.52. The number of imidazole rings is 1. The van der Waals surface area contributed by atoms with E-state index in [2.05, 4.69) is 36.9 Å². The molecule has 0 bridgehead atoms. The summed E-state index contributed by atoms with van der Waals surface area (Å²) in [5, 5.41) is 7.56. The number of anilines is 2. The van der Waals surface area contributed by atoms with Crippen LogP contribution in [-0.4, -0.2) is 84.9 Å². The van der Waals surface area contributed by atoms with Gasteiger partial charge in [0.05, 0.1) is 34.9 Å². The Kier molecular flexibility index (Phi) is 6.28. The third kappa shape index (κ3) is 4.95. The molecule has 198 valence electrons. The van der Waals surface area contributed by atoms with Gasteiger partial charge in [-0.05, 0) is 57.4 Å². The molecule has 2 aromatic heterocycles. The van der Waals surface area contributed by atoms with Crippen LogP contribution in [0.5, 0.6) is 0 Å². The number of hydrogen-bond donors (Lipinski definition) is 3. The van der Waals surface area contributed by atoms with Crippen LogP contribution in [0, 0.1) is 0 Å². The number of rotatable bonds is 6. The molecule has 1 aliphatic heterocycles. The highest BCUT2D eigenvalue weighted by atomic mass is 32.2. The largest absolute Gasteiger partial charge is 0.516 e. The molecular weight excluding hydrogens is 511 g/mol. The van der Waals surface area contributed by atoms with Crippen molar-refractivity contribution >= 4 is 43.3 Å². The summed E-state index contributed by atoms with van der Waals surface area (Å²) in [5.41, 5.74) is -2.26. The van der Waals surface area contributed by atoms with E-state index in [0.717, 1.165) is 29.8 Å². The van der Waals surface area contributed by atoms with Gasteiger partial charge < -0.3 is 19.5 Å². The summed E-state index contributed by atoms with van der Waals surface area (Å²) in [7, 11) is -1.49. The number of hydrogen-bond acceptors (Lipinski definition) is 7. The molecular formula is C23H26F3N7O3S. The van der Waals surface area contributed by atoms with Gasteiger partial charge in [-0.25, -0.2) is 4.98 Å². The van der Waals surface area contributed by atoms with E-state index in [1.54, 1.807) is 0 Å². The first kappa shape index (κ1) is 25.3. The van der Waals surface area contributed by atoms with E-state index in [1.807, 2.05) is 32.3 Å². The predicted molar refractivity (Wildman–Crippen MR) is 135 cm³/mol. The maximum atomic E-state index is 12.7. The number of morpholine rings is 1. The van der Waals surface area contributed by atoms with Crippen molar-refractivity contribution in [1.82, 2.24) is 25.1 Å². The Morgan fingerprint density at radius 1 is 1.19 bits per heavy atom. The van der Waals surface area contributed by atoms with Gasteiger partial charge in [0.15, 0.2) is 5.82 Å². The Labute approximate surface area is 210 Å². The highest BCUT2D eigenvalue weighted by Crippen LogP contribution is 2.32. The number of likely N-dealkylation sites (N-methyl/N-ethyl adjacent to an activating group) is 1. The number of nitrogens with one attached hydrogen (secondary N) is 3. The molecule has 2 unspecified atom stereocenters. The molecule has 3 N–H and O–H groups in total. The average molecular weight is 538 g/mol. The zero-order chi connectivity index (χ0) is 26.5. The molecule has 0 saturated carbocycles. The van der Waals surface area contributed by atoms with Crippen LogP contribution in [0.2, 0.25) is 0 Å². The van der Waals surface area contributed by atoms with Crippen molar-refractivity contribution in [3.63, 3.8) is 0 Å². The van der Waals surface area contributed by atoms with Crippen LogP contribution in [0.4, 0.5) is 24.5 Å². The van der Waals surface area contributed by atoms with Crippen molar-refractivity contribution in [3.8, 4) is 11.5 Å². The highest BCUT2D eigenvalue weighted by Gasteiger charge is 2.46. The number of nitrogens with zero attached hydrogens (tertiary/aromatic N) is 4. The van der Waals surface area contributed by atoms with Gasteiger partial charge in [-0.15, -0.1) is 0 Å². The Hall–Kier alpha value is -3.36. The molecule has 0 aliphatic carbocycles. The lowest BCUT2D eigenvalue weighted by Crippen LogP contribution is -2.51. The number of alkyl halides is 3. The van der Waals surface area contributed by atoms with Crippen molar-refractivity contribution in [2.45, 2.75) is 24.6 Å². The van der Waals surface area contributed by atoms with E-state index in [0.29, 0.717) is 29.0 Å². The van der Waals surface area contributed by atoms with Gasteiger partial charge in [-0.1, -0.05) is 0 Å². The maximum absolute atomic E-state index is 12.7. The van der Waals surface area contributed by atoms with Gasteiger partial charge >= 0.3 is 15.5 Å². The summed E-state index contributed by atoms with van der Waals surface area (Å²) in [6, 6.07) is 10.2. The van der Waals surface area contributed by atoms with Gasteiger partial charge in [0.1, 0.15) is 5.69 Å². The van der Waals surface area contributed by atoms with Crippen LogP contribution in [0.25, 0.3) is 33.5 Å². The van der Waals surface area contributed by atoms with Crippen LogP contribution >= 0.6 is 0 Å². The molecule has 1 saturated heterocycles. The first-order valence-electron chi connectivity index (χ1n) is 11.5. The van der Waals surface area contributed by atoms with E-state index in [4.69, 9.17) is 4.74 Å². The standard InChI is InChI=1S/C23H26F3N7O3S/c1-13-12-36-16(10-32(2)3)11-33(13)15-5-7-18-20(9-15)28-22(27-18)21-17-6-4-14(8-19(17)29-30-21)31-37(34,35)23(24,25)26/h4-9,13,16,31H,10-12H2,1-3H3,(H,27,28)(H,29,30). The minimum atomic E-state index is -5.53. The Balaban J connectivity index is 1.42. The van der Waals surface area contributed by atoms with Gasteiger partial charge in [-0.2, -0.15) is 26.7 Å². The van der Waals surface area contributed by atoms with Gasteiger partial charge in [0.2, 0.25) is 0 Å². The zero-order valence-electron chi connectivity index (χ0n) is 20.3. The number of halogens is 3. The second kappa shape index (κ2) is 9.19. The number of fused-ring (bicyclic) bond motifs is 2. The molecule has 3 heterocycles. The second-order valence-corrected chi connectivity index (χ2v) is 11.1. The summed E-state index contributed by atoms with van der Waals surface area (Å²) in [4.78, 5) is 12.3. The lowest BCUT2D eigenvalue weighted by Gasteiger charge is -2.40. The SMILES string of the molecule is CC1COC(CN(C)C)CN1c1ccc2nc(-c3n[nH]c4cc(NS(=O)(=O)C(F)(F)F)ccc34)[nH]c2c1. The third-order valence-corrected chi connectivity index (χ3v) is 7.33. The fourth-order valence-corrected chi connectivity index (χ4v) is 5.01. The molecule has 2 atom stereocenters. The summed E-state index contributed by atoms with van der Waals surface area (Å²) in [6.45, 7) is 4.33. The quantitative estimate of drug-likeness (QED) is 0.344. The molecule has 10 nitrogen and oxygen atoms in total. The smallest absolute Gasteiger partial charge is 0.373 e. The van der Waals surface area contributed by atoms with Crippen molar-refractivity contribution < 1.29 is 26.3 Å². The maximum Gasteiger partial charge on any atom is 0.516 e. The minimum absolute atomic E-state index is 0.0974. The molecule has 1 fully saturated rings. The van der Waals surface area contributed by atoms with Crippen molar-refractivity contribution in [2.75, 3.05) is 43.4 Å².